The molecule has 0 spiro atoms. The van der Waals surface area contributed by atoms with E-state index in [-0.39, 0.29) is 30.9 Å². The predicted octanol–water partition coefficient (Wildman–Crippen LogP) is 6.01. The largest absolute Gasteiger partial charge is 0.478 e. The normalized spacial score (nSPS) is 11.0. The standard InChI is InChI=1S/C27H22Cl3N3O4/c28-20-12-10-18(11-13-20)25-31-33(16-21(34)6-2-7-22-23(29)8-3-9-24(22)30)27(37)32(25)15-17-4-1-5-19(14-17)26(35)36/h1,3-5,8-14H,2,6-7,15-16H2,(H,35,36). The zero-order valence-corrected chi connectivity index (χ0v) is 21.8. The summed E-state index contributed by atoms with van der Waals surface area (Å²) >= 11 is 18.4. The van der Waals surface area contributed by atoms with Gasteiger partial charge in [0.1, 0.15) is 6.54 Å². The third-order valence-electron chi connectivity index (χ3n) is 5.81. The van der Waals surface area contributed by atoms with Gasteiger partial charge >= 0.3 is 11.7 Å². The minimum atomic E-state index is -1.06. The first-order valence-corrected chi connectivity index (χ1v) is 12.6. The SMILES string of the molecule is O=C(CCCc1c(Cl)cccc1Cl)Cn1nc(-c2ccc(Cl)cc2)n(Cc2cccc(C(=O)O)c2)c1=O. The zero-order chi connectivity index (χ0) is 26.5. The van der Waals surface area contributed by atoms with Crippen molar-refractivity contribution < 1.29 is 14.7 Å². The van der Waals surface area contributed by atoms with E-state index >= 15 is 0 Å². The molecule has 1 aromatic heterocycles. The van der Waals surface area contributed by atoms with Crippen LogP contribution in [-0.4, -0.2) is 31.2 Å². The van der Waals surface area contributed by atoms with Crippen LogP contribution in [0.3, 0.4) is 0 Å². The number of rotatable bonds is 10. The Morgan fingerprint density at radius 1 is 0.919 bits per heavy atom. The summed E-state index contributed by atoms with van der Waals surface area (Å²) in [6.45, 7) is -0.116. The van der Waals surface area contributed by atoms with Crippen LogP contribution in [0.2, 0.25) is 15.1 Å². The van der Waals surface area contributed by atoms with Crippen molar-refractivity contribution in [1.29, 1.82) is 0 Å². The van der Waals surface area contributed by atoms with Crippen molar-refractivity contribution in [2.75, 3.05) is 0 Å². The van der Waals surface area contributed by atoms with E-state index in [1.54, 1.807) is 54.6 Å². The Balaban J connectivity index is 1.57. The Morgan fingerprint density at radius 3 is 2.27 bits per heavy atom. The summed E-state index contributed by atoms with van der Waals surface area (Å²) in [4.78, 5) is 37.4. The molecule has 37 heavy (non-hydrogen) atoms. The molecular weight excluding hydrogens is 537 g/mol. The molecule has 1 heterocycles. The number of nitrogens with zero attached hydrogens (tertiary/aromatic N) is 3. The van der Waals surface area contributed by atoms with Gasteiger partial charge in [-0.2, -0.15) is 0 Å². The first kappa shape index (κ1) is 26.7. The molecule has 190 valence electrons. The Bertz CT molecular complexity index is 1490. The minimum Gasteiger partial charge on any atom is -0.478 e. The van der Waals surface area contributed by atoms with Gasteiger partial charge in [0, 0.05) is 27.1 Å². The Kier molecular flexibility index (Phi) is 8.48. The van der Waals surface area contributed by atoms with Crippen molar-refractivity contribution in [3.8, 4) is 11.4 Å². The van der Waals surface area contributed by atoms with Crippen LogP contribution in [0, 0.1) is 0 Å². The molecule has 3 aromatic carbocycles. The van der Waals surface area contributed by atoms with Crippen molar-refractivity contribution in [2.45, 2.75) is 32.4 Å². The second-order valence-electron chi connectivity index (χ2n) is 8.45. The number of benzene rings is 3. The molecular formula is C27H22Cl3N3O4. The number of carboxylic acids is 1. The predicted molar refractivity (Wildman–Crippen MR) is 144 cm³/mol. The van der Waals surface area contributed by atoms with Crippen molar-refractivity contribution >= 4 is 46.6 Å². The van der Waals surface area contributed by atoms with Crippen LogP contribution in [0.15, 0.2) is 71.5 Å². The van der Waals surface area contributed by atoms with E-state index in [0.29, 0.717) is 44.9 Å². The molecule has 0 aliphatic rings. The lowest BCUT2D eigenvalue weighted by Crippen LogP contribution is -2.28. The van der Waals surface area contributed by atoms with E-state index < -0.39 is 11.7 Å². The Hall–Kier alpha value is -3.39. The summed E-state index contributed by atoms with van der Waals surface area (Å²) in [5.74, 6) is -0.880. The summed E-state index contributed by atoms with van der Waals surface area (Å²) in [6.07, 6.45) is 1.27. The average molecular weight is 559 g/mol. The molecule has 1 N–H and O–H groups in total. The lowest BCUT2D eigenvalue weighted by atomic mass is 10.1. The van der Waals surface area contributed by atoms with E-state index in [1.165, 1.54) is 16.7 Å². The van der Waals surface area contributed by atoms with Crippen molar-refractivity contribution in [1.82, 2.24) is 14.3 Å². The number of Topliss-reactive ketones (excluding diaryl/α,β-unsaturated/α-hetero) is 1. The smallest absolute Gasteiger partial charge is 0.346 e. The summed E-state index contributed by atoms with van der Waals surface area (Å²) in [6, 6.07) is 18.4. The average Bonchev–Trinajstić information content (AvgIpc) is 3.16. The summed E-state index contributed by atoms with van der Waals surface area (Å²) in [7, 11) is 0. The molecule has 4 rings (SSSR count). The lowest BCUT2D eigenvalue weighted by molar-refractivity contribution is -0.119. The van der Waals surface area contributed by atoms with Crippen LogP contribution in [0.1, 0.15) is 34.3 Å². The van der Waals surface area contributed by atoms with Gasteiger partial charge in [0.15, 0.2) is 11.6 Å². The van der Waals surface area contributed by atoms with Gasteiger partial charge in [-0.1, -0.05) is 53.0 Å². The Morgan fingerprint density at radius 2 is 1.59 bits per heavy atom. The molecule has 0 atom stereocenters. The first-order chi connectivity index (χ1) is 17.7. The van der Waals surface area contributed by atoms with Gasteiger partial charge in [-0.15, -0.1) is 5.10 Å². The van der Waals surface area contributed by atoms with E-state index in [9.17, 15) is 19.5 Å². The highest BCUT2D eigenvalue weighted by molar-refractivity contribution is 6.36. The molecule has 0 fully saturated rings. The first-order valence-electron chi connectivity index (χ1n) is 11.4. The molecule has 4 aromatic rings. The third kappa shape index (κ3) is 6.49. The van der Waals surface area contributed by atoms with Gasteiger partial charge in [0.2, 0.25) is 0 Å². The third-order valence-corrected chi connectivity index (χ3v) is 6.77. The van der Waals surface area contributed by atoms with Gasteiger partial charge in [-0.25, -0.2) is 14.3 Å². The summed E-state index contributed by atoms with van der Waals surface area (Å²) in [5.41, 5.74) is 1.66. The highest BCUT2D eigenvalue weighted by Gasteiger charge is 2.18. The monoisotopic (exact) mass is 557 g/mol. The molecule has 0 saturated heterocycles. The topological polar surface area (TPSA) is 94.2 Å². The number of hydrogen-bond acceptors (Lipinski definition) is 4. The molecule has 0 aliphatic carbocycles. The van der Waals surface area contributed by atoms with Crippen LogP contribution in [-0.2, 0) is 24.3 Å². The molecule has 7 nitrogen and oxygen atoms in total. The maximum absolute atomic E-state index is 13.3. The van der Waals surface area contributed by atoms with Crippen LogP contribution in [0.5, 0.6) is 0 Å². The summed E-state index contributed by atoms with van der Waals surface area (Å²) < 4.78 is 2.55. The van der Waals surface area contributed by atoms with Crippen molar-refractivity contribution in [3.63, 3.8) is 0 Å². The molecule has 0 radical (unpaired) electrons. The maximum atomic E-state index is 13.3. The molecule has 0 amide bonds. The Labute approximate surface area is 227 Å². The van der Waals surface area contributed by atoms with E-state index in [1.807, 2.05) is 0 Å². The maximum Gasteiger partial charge on any atom is 0.346 e. The number of hydrogen-bond donors (Lipinski definition) is 1. The van der Waals surface area contributed by atoms with Crippen molar-refractivity contribution in [2.24, 2.45) is 0 Å². The molecule has 0 bridgehead atoms. The quantitative estimate of drug-likeness (QED) is 0.257. The number of carbonyl (C=O) groups is 2. The second kappa shape index (κ2) is 11.8. The van der Waals surface area contributed by atoms with E-state index in [2.05, 4.69) is 5.10 Å². The van der Waals surface area contributed by atoms with Crippen molar-refractivity contribution in [3.05, 3.63) is 109 Å². The number of carbonyl (C=O) groups excluding carboxylic acids is 1. The van der Waals surface area contributed by atoms with Gasteiger partial charge in [-0.3, -0.25) is 9.36 Å². The van der Waals surface area contributed by atoms with E-state index in [0.717, 1.165) is 10.2 Å². The van der Waals surface area contributed by atoms with Crippen LogP contribution in [0.4, 0.5) is 0 Å². The van der Waals surface area contributed by atoms with E-state index in [4.69, 9.17) is 34.8 Å². The van der Waals surface area contributed by atoms with Crippen LogP contribution >= 0.6 is 34.8 Å². The number of ketones is 1. The fraction of sp³-hybridized carbons (Fsp3) is 0.185. The number of aromatic carboxylic acids is 1. The van der Waals surface area contributed by atoms with Gasteiger partial charge in [0.25, 0.3) is 0 Å². The fourth-order valence-electron chi connectivity index (χ4n) is 3.96. The number of aromatic nitrogens is 3. The van der Waals surface area contributed by atoms with Crippen LogP contribution < -0.4 is 5.69 Å². The molecule has 0 aliphatic heterocycles. The van der Waals surface area contributed by atoms with Gasteiger partial charge in [0.05, 0.1) is 12.1 Å². The summed E-state index contributed by atoms with van der Waals surface area (Å²) in [5, 5.41) is 15.4. The molecule has 0 unspecified atom stereocenters. The zero-order valence-electron chi connectivity index (χ0n) is 19.5. The highest BCUT2D eigenvalue weighted by Crippen LogP contribution is 2.26. The molecule has 0 saturated carbocycles. The van der Waals surface area contributed by atoms with Gasteiger partial charge < -0.3 is 5.11 Å². The molecule has 10 heteroatoms. The highest BCUT2D eigenvalue weighted by atomic mass is 35.5. The number of carboxylic acid groups (broad SMARTS) is 1. The van der Waals surface area contributed by atoms with Gasteiger partial charge in [-0.05, 0) is 72.5 Å². The second-order valence-corrected chi connectivity index (χ2v) is 9.71. The van der Waals surface area contributed by atoms with Crippen LogP contribution in [0.25, 0.3) is 11.4 Å². The lowest BCUT2D eigenvalue weighted by Gasteiger charge is -2.07. The fourth-order valence-corrected chi connectivity index (χ4v) is 4.68. The minimum absolute atomic E-state index is 0.0805. The number of halogens is 3.